The summed E-state index contributed by atoms with van der Waals surface area (Å²) in [4.78, 5) is 25.2. The van der Waals surface area contributed by atoms with Crippen molar-refractivity contribution in [2.45, 2.75) is 32.2 Å². The van der Waals surface area contributed by atoms with Crippen LogP contribution in [0.2, 0.25) is 0 Å². The largest absolute Gasteiger partial charge is 0.363 e. The van der Waals surface area contributed by atoms with E-state index in [2.05, 4.69) is 31.7 Å². The molecule has 2 aliphatic rings. The van der Waals surface area contributed by atoms with Gasteiger partial charge in [0.1, 0.15) is 5.82 Å². The second-order valence-electron chi connectivity index (χ2n) is 7.40. The highest BCUT2D eigenvalue weighted by molar-refractivity contribution is 5.44. The highest BCUT2D eigenvalue weighted by atomic mass is 15.4. The Morgan fingerprint density at radius 1 is 1.08 bits per heavy atom. The Morgan fingerprint density at radius 3 is 2.58 bits per heavy atom. The first-order chi connectivity index (χ1) is 12.7. The van der Waals surface area contributed by atoms with Crippen LogP contribution in [-0.2, 0) is 6.42 Å². The Morgan fingerprint density at radius 2 is 1.85 bits per heavy atom. The van der Waals surface area contributed by atoms with Crippen LogP contribution in [0.4, 0.5) is 17.7 Å². The molecule has 2 aromatic rings. The van der Waals surface area contributed by atoms with Crippen LogP contribution in [0.5, 0.6) is 0 Å². The molecule has 4 rings (SSSR count). The zero-order valence-corrected chi connectivity index (χ0v) is 15.8. The Balaban J connectivity index is 1.53. The zero-order valence-electron chi connectivity index (χ0n) is 15.8. The van der Waals surface area contributed by atoms with Crippen molar-refractivity contribution in [2.24, 2.45) is 5.92 Å². The average molecular weight is 353 g/mol. The Labute approximate surface area is 155 Å². The topological polar surface area (TPSA) is 61.3 Å². The first-order valence-electron chi connectivity index (χ1n) is 9.48. The number of aryl methyl sites for hydroxylation is 1. The Bertz CT molecular complexity index is 746. The maximum Gasteiger partial charge on any atom is 0.227 e. The van der Waals surface area contributed by atoms with Gasteiger partial charge in [0, 0.05) is 52.3 Å². The van der Waals surface area contributed by atoms with Crippen molar-refractivity contribution >= 4 is 17.7 Å². The zero-order chi connectivity index (χ0) is 18.1. The van der Waals surface area contributed by atoms with Gasteiger partial charge in [0.05, 0.1) is 6.04 Å². The van der Waals surface area contributed by atoms with Gasteiger partial charge in [-0.1, -0.05) is 6.92 Å². The average Bonchev–Trinajstić information content (AvgIpc) is 3.11. The minimum atomic E-state index is 0.433. The number of piperidine rings is 1. The summed E-state index contributed by atoms with van der Waals surface area (Å²) in [5, 5.41) is 0. The van der Waals surface area contributed by atoms with E-state index in [4.69, 9.17) is 4.98 Å². The summed E-state index contributed by atoms with van der Waals surface area (Å²) in [6.45, 7) is 5.11. The van der Waals surface area contributed by atoms with Gasteiger partial charge in [-0.15, -0.1) is 0 Å². The Hall–Kier alpha value is -2.44. The number of aromatic nitrogens is 4. The van der Waals surface area contributed by atoms with Crippen molar-refractivity contribution < 1.29 is 0 Å². The fraction of sp³-hybridized carbons (Fsp3) is 0.579. The van der Waals surface area contributed by atoms with E-state index in [9.17, 15) is 0 Å². The summed E-state index contributed by atoms with van der Waals surface area (Å²) >= 11 is 0. The summed E-state index contributed by atoms with van der Waals surface area (Å²) in [7, 11) is 4.02. The van der Waals surface area contributed by atoms with Crippen molar-refractivity contribution in [3.63, 3.8) is 0 Å². The van der Waals surface area contributed by atoms with Gasteiger partial charge in [-0.05, 0) is 36.8 Å². The van der Waals surface area contributed by atoms with E-state index >= 15 is 0 Å². The van der Waals surface area contributed by atoms with Crippen LogP contribution >= 0.6 is 0 Å². The highest BCUT2D eigenvalue weighted by Gasteiger charge is 2.40. The number of hydrogen-bond acceptors (Lipinski definition) is 7. The van der Waals surface area contributed by atoms with Crippen molar-refractivity contribution in [1.29, 1.82) is 0 Å². The third kappa shape index (κ3) is 3.18. The van der Waals surface area contributed by atoms with Crippen LogP contribution in [0.25, 0.3) is 0 Å². The molecule has 0 bridgehead atoms. The molecule has 2 unspecified atom stereocenters. The maximum atomic E-state index is 4.72. The van der Waals surface area contributed by atoms with E-state index in [1.807, 2.05) is 43.7 Å². The van der Waals surface area contributed by atoms with Gasteiger partial charge in [-0.2, -0.15) is 4.98 Å². The van der Waals surface area contributed by atoms with Gasteiger partial charge in [0.15, 0.2) is 0 Å². The normalized spacial score (nSPS) is 22.4. The molecule has 138 valence electrons. The Kier molecular flexibility index (Phi) is 4.61. The summed E-state index contributed by atoms with van der Waals surface area (Å²) in [5.74, 6) is 3.33. The predicted molar refractivity (Wildman–Crippen MR) is 104 cm³/mol. The molecule has 0 radical (unpaired) electrons. The predicted octanol–water partition coefficient (Wildman–Crippen LogP) is 2.00. The van der Waals surface area contributed by atoms with Crippen molar-refractivity contribution in [1.82, 2.24) is 19.9 Å². The molecular formula is C19H27N7. The molecule has 0 aliphatic carbocycles. The van der Waals surface area contributed by atoms with E-state index in [1.165, 1.54) is 18.4 Å². The van der Waals surface area contributed by atoms with E-state index in [0.717, 1.165) is 43.8 Å². The molecule has 2 atom stereocenters. The van der Waals surface area contributed by atoms with Gasteiger partial charge in [0.2, 0.25) is 11.9 Å². The van der Waals surface area contributed by atoms with E-state index < -0.39 is 0 Å². The summed E-state index contributed by atoms with van der Waals surface area (Å²) in [6, 6.07) is 2.38. The maximum absolute atomic E-state index is 4.72. The van der Waals surface area contributed by atoms with E-state index in [1.54, 1.807) is 0 Å². The van der Waals surface area contributed by atoms with E-state index in [-0.39, 0.29) is 0 Å². The van der Waals surface area contributed by atoms with Gasteiger partial charge in [-0.3, -0.25) is 0 Å². The van der Waals surface area contributed by atoms with Gasteiger partial charge in [-0.25, -0.2) is 15.0 Å². The molecule has 2 aromatic heterocycles. The smallest absolute Gasteiger partial charge is 0.227 e. The third-order valence-electron chi connectivity index (χ3n) is 5.59. The number of fused-ring (bicyclic) bond motifs is 1. The molecule has 2 aliphatic heterocycles. The monoisotopic (exact) mass is 353 g/mol. The van der Waals surface area contributed by atoms with Gasteiger partial charge >= 0.3 is 0 Å². The second kappa shape index (κ2) is 7.05. The fourth-order valence-electron chi connectivity index (χ4n) is 3.99. The molecule has 2 fully saturated rings. The number of anilines is 3. The minimum absolute atomic E-state index is 0.433. The number of rotatable bonds is 4. The molecule has 0 N–H and O–H groups in total. The molecule has 4 heterocycles. The fourth-order valence-corrected chi connectivity index (χ4v) is 3.99. The van der Waals surface area contributed by atoms with Crippen LogP contribution in [-0.4, -0.2) is 59.7 Å². The lowest BCUT2D eigenvalue weighted by Crippen LogP contribution is -2.49. The van der Waals surface area contributed by atoms with Crippen LogP contribution in [0.1, 0.15) is 25.3 Å². The molecule has 0 aromatic carbocycles. The molecule has 0 spiro atoms. The van der Waals surface area contributed by atoms with Gasteiger partial charge < -0.3 is 14.7 Å². The summed E-state index contributed by atoms with van der Waals surface area (Å²) in [5.41, 5.74) is 1.18. The standard InChI is InChI=1S/C19H27N7/c1-4-14-11-21-18(22-12-14)26-10-7-15-6-9-25(13-16(15)26)19-20-8-5-17(23-19)24(2)3/h5,8,11-12,15-16H,4,6-7,9-10,13H2,1-3H3. The molecular weight excluding hydrogens is 326 g/mol. The molecule has 7 nitrogen and oxygen atoms in total. The lowest BCUT2D eigenvalue weighted by Gasteiger charge is -2.38. The minimum Gasteiger partial charge on any atom is -0.363 e. The first kappa shape index (κ1) is 17.0. The van der Waals surface area contributed by atoms with Crippen molar-refractivity contribution in [2.75, 3.05) is 48.4 Å². The molecule has 0 amide bonds. The first-order valence-corrected chi connectivity index (χ1v) is 9.48. The summed E-state index contributed by atoms with van der Waals surface area (Å²) in [6.07, 6.45) is 9.13. The molecule has 26 heavy (non-hydrogen) atoms. The SMILES string of the molecule is CCc1cnc(N2CCC3CCN(c4nccc(N(C)C)n4)CC32)nc1. The van der Waals surface area contributed by atoms with Crippen molar-refractivity contribution in [3.05, 3.63) is 30.2 Å². The van der Waals surface area contributed by atoms with Crippen LogP contribution in [0.15, 0.2) is 24.7 Å². The number of hydrogen-bond donors (Lipinski definition) is 0. The van der Waals surface area contributed by atoms with Crippen LogP contribution < -0.4 is 14.7 Å². The van der Waals surface area contributed by atoms with Gasteiger partial charge in [0.25, 0.3) is 0 Å². The molecule has 0 saturated carbocycles. The lowest BCUT2D eigenvalue weighted by molar-refractivity contribution is 0.386. The van der Waals surface area contributed by atoms with E-state index in [0.29, 0.717) is 12.0 Å². The quantitative estimate of drug-likeness (QED) is 0.833. The lowest BCUT2D eigenvalue weighted by atomic mass is 9.92. The van der Waals surface area contributed by atoms with Crippen LogP contribution in [0, 0.1) is 5.92 Å². The van der Waals surface area contributed by atoms with Crippen molar-refractivity contribution in [3.8, 4) is 0 Å². The molecule has 7 heteroatoms. The summed E-state index contributed by atoms with van der Waals surface area (Å²) < 4.78 is 0. The second-order valence-corrected chi connectivity index (χ2v) is 7.40. The highest BCUT2D eigenvalue weighted by Crippen LogP contribution is 2.34. The van der Waals surface area contributed by atoms with Crippen LogP contribution in [0.3, 0.4) is 0 Å². The number of nitrogens with zero attached hydrogens (tertiary/aromatic N) is 7. The molecule has 2 saturated heterocycles. The third-order valence-corrected chi connectivity index (χ3v) is 5.59.